The van der Waals surface area contributed by atoms with E-state index in [9.17, 15) is 0 Å². The molecule has 326 valence electrons. The van der Waals surface area contributed by atoms with E-state index in [1.807, 2.05) is 0 Å². The van der Waals surface area contributed by atoms with Crippen LogP contribution in [-0.2, 0) is 32.5 Å². The Balaban J connectivity index is 1.26. The highest BCUT2D eigenvalue weighted by molar-refractivity contribution is 7.00. The van der Waals surface area contributed by atoms with Gasteiger partial charge >= 0.3 is 0 Å². The third-order valence-corrected chi connectivity index (χ3v) is 17.2. The first kappa shape index (κ1) is 41.7. The van der Waals surface area contributed by atoms with Crippen LogP contribution in [0.4, 0.5) is 34.1 Å². The van der Waals surface area contributed by atoms with Crippen molar-refractivity contribution in [3.05, 3.63) is 147 Å². The van der Waals surface area contributed by atoms with E-state index in [1.54, 1.807) is 5.56 Å². The lowest BCUT2D eigenvalue weighted by Crippen LogP contribution is -2.61. The van der Waals surface area contributed by atoms with Gasteiger partial charge in [0.25, 0.3) is 6.71 Å². The summed E-state index contributed by atoms with van der Waals surface area (Å²) in [7, 11) is 0. The molecule has 6 aromatic carbocycles. The van der Waals surface area contributed by atoms with Crippen LogP contribution < -0.4 is 26.2 Å². The zero-order valence-corrected chi connectivity index (χ0v) is 41.5. The second kappa shape index (κ2) is 13.1. The molecule has 2 aliphatic heterocycles. The number of benzene rings is 6. The van der Waals surface area contributed by atoms with E-state index < -0.39 is 0 Å². The standard InChI is InChI=1S/C61H69BN2/c1-36-27-52-55-53(28-36)64(49-32-44-42(29-37(49)2)56(4,5)25-26-57(44,6)7)50-30-40(39-19-17-16-18-20-39)21-23-46(50)62(55)47-31-43-45(60(12,13)34-59(43,10)11)33-51(47)63(52)48-24-22-41-54(38(48)3)61(14,15)35-58(41,8)9/h16-24,27-33H,25-26,34-35H2,1-15H3. The molecule has 2 heterocycles. The Morgan fingerprint density at radius 3 is 1.59 bits per heavy atom. The fourth-order valence-electron chi connectivity index (χ4n) is 14.5. The predicted octanol–water partition coefficient (Wildman–Crippen LogP) is 14.6. The maximum Gasteiger partial charge on any atom is 0.252 e. The van der Waals surface area contributed by atoms with Gasteiger partial charge < -0.3 is 9.80 Å². The van der Waals surface area contributed by atoms with E-state index in [1.165, 1.54) is 119 Å². The molecule has 5 aliphatic rings. The summed E-state index contributed by atoms with van der Waals surface area (Å²) in [5.41, 5.74) is 28.3. The van der Waals surface area contributed by atoms with Crippen molar-refractivity contribution in [2.45, 2.75) is 162 Å². The van der Waals surface area contributed by atoms with Gasteiger partial charge in [0.05, 0.1) is 0 Å². The van der Waals surface area contributed by atoms with Crippen molar-refractivity contribution in [1.82, 2.24) is 0 Å². The van der Waals surface area contributed by atoms with Gasteiger partial charge in [-0.15, -0.1) is 0 Å². The van der Waals surface area contributed by atoms with Crippen molar-refractivity contribution in [3.8, 4) is 11.1 Å². The zero-order chi connectivity index (χ0) is 45.4. The van der Waals surface area contributed by atoms with Crippen molar-refractivity contribution < 1.29 is 0 Å². The quantitative estimate of drug-likeness (QED) is 0.164. The molecule has 2 nitrogen and oxygen atoms in total. The molecule has 3 heteroatoms. The summed E-state index contributed by atoms with van der Waals surface area (Å²) in [6, 6.07) is 38.9. The molecule has 0 atom stereocenters. The number of hydrogen-bond donors (Lipinski definition) is 0. The fourth-order valence-corrected chi connectivity index (χ4v) is 14.5. The van der Waals surface area contributed by atoms with Crippen molar-refractivity contribution in [3.63, 3.8) is 0 Å². The summed E-state index contributed by atoms with van der Waals surface area (Å²) in [5.74, 6) is 0. The van der Waals surface area contributed by atoms with Crippen molar-refractivity contribution >= 4 is 57.2 Å². The average molecular weight is 841 g/mol. The highest BCUT2D eigenvalue weighted by Gasteiger charge is 2.50. The molecule has 0 saturated carbocycles. The topological polar surface area (TPSA) is 6.48 Å². The lowest BCUT2D eigenvalue weighted by molar-refractivity contribution is 0.332. The van der Waals surface area contributed by atoms with Gasteiger partial charge in [-0.3, -0.25) is 0 Å². The highest BCUT2D eigenvalue weighted by Crippen LogP contribution is 2.57. The highest BCUT2D eigenvalue weighted by atomic mass is 15.2. The Bertz CT molecular complexity index is 2990. The van der Waals surface area contributed by atoms with Gasteiger partial charge in [-0.2, -0.15) is 0 Å². The number of aryl methyl sites for hydroxylation is 2. The molecule has 0 fully saturated rings. The summed E-state index contributed by atoms with van der Waals surface area (Å²) in [6.07, 6.45) is 4.68. The minimum absolute atomic E-state index is 0.0642. The maximum atomic E-state index is 2.73. The van der Waals surface area contributed by atoms with E-state index in [4.69, 9.17) is 0 Å². The number of rotatable bonds is 3. The summed E-state index contributed by atoms with van der Waals surface area (Å²) >= 11 is 0. The van der Waals surface area contributed by atoms with E-state index >= 15 is 0 Å². The normalized spacial score (nSPS) is 20.5. The molecule has 0 saturated heterocycles. The van der Waals surface area contributed by atoms with Crippen LogP contribution in [0.3, 0.4) is 0 Å². The first-order valence-corrected chi connectivity index (χ1v) is 24.4. The molecule has 0 aromatic heterocycles. The summed E-state index contributed by atoms with van der Waals surface area (Å²) < 4.78 is 0. The van der Waals surface area contributed by atoms with Gasteiger partial charge in [0, 0.05) is 34.1 Å². The van der Waals surface area contributed by atoms with Gasteiger partial charge in [0.1, 0.15) is 0 Å². The molecule has 3 aliphatic carbocycles. The number of nitrogens with zero attached hydrogens (tertiary/aromatic N) is 2. The van der Waals surface area contributed by atoms with E-state index in [0.29, 0.717) is 0 Å². The molecule has 0 radical (unpaired) electrons. The van der Waals surface area contributed by atoms with E-state index in [0.717, 1.165) is 12.8 Å². The molecular weight excluding hydrogens is 771 g/mol. The zero-order valence-electron chi connectivity index (χ0n) is 41.5. The fraction of sp³-hybridized carbons (Fsp3) is 0.410. The monoisotopic (exact) mass is 841 g/mol. The molecule has 11 rings (SSSR count). The first-order chi connectivity index (χ1) is 29.9. The Morgan fingerprint density at radius 1 is 0.406 bits per heavy atom. The maximum absolute atomic E-state index is 2.73. The average Bonchev–Trinajstić information content (AvgIpc) is 3.53. The largest absolute Gasteiger partial charge is 0.311 e. The Kier molecular flexibility index (Phi) is 8.52. The van der Waals surface area contributed by atoms with Gasteiger partial charge in [0.2, 0.25) is 0 Å². The number of hydrogen-bond acceptors (Lipinski definition) is 2. The van der Waals surface area contributed by atoms with Crippen LogP contribution in [0, 0.1) is 20.8 Å². The second-order valence-electron chi connectivity index (χ2n) is 24.9. The minimum atomic E-state index is 0.0642. The summed E-state index contributed by atoms with van der Waals surface area (Å²) in [5, 5.41) is 0. The first-order valence-electron chi connectivity index (χ1n) is 24.4. The van der Waals surface area contributed by atoms with Crippen LogP contribution >= 0.6 is 0 Å². The smallest absolute Gasteiger partial charge is 0.252 e. The van der Waals surface area contributed by atoms with Crippen LogP contribution in [0.25, 0.3) is 11.1 Å². The van der Waals surface area contributed by atoms with Crippen LogP contribution in [0.15, 0.2) is 97.1 Å². The second-order valence-corrected chi connectivity index (χ2v) is 24.9. The molecule has 64 heavy (non-hydrogen) atoms. The van der Waals surface area contributed by atoms with E-state index in [2.05, 4.69) is 211 Å². The third kappa shape index (κ3) is 5.77. The predicted molar refractivity (Wildman–Crippen MR) is 277 cm³/mol. The minimum Gasteiger partial charge on any atom is -0.311 e. The Morgan fingerprint density at radius 2 is 0.938 bits per heavy atom. The van der Waals surface area contributed by atoms with Gasteiger partial charge in [-0.1, -0.05) is 144 Å². The lowest BCUT2D eigenvalue weighted by Gasteiger charge is -2.47. The Labute approximate surface area is 385 Å². The van der Waals surface area contributed by atoms with Gasteiger partial charge in [0.15, 0.2) is 0 Å². The van der Waals surface area contributed by atoms with Gasteiger partial charge in [-0.05, 0) is 193 Å². The number of fused-ring (bicyclic) bond motifs is 7. The lowest BCUT2D eigenvalue weighted by atomic mass is 9.33. The summed E-state index contributed by atoms with van der Waals surface area (Å²) in [4.78, 5) is 5.42. The molecule has 0 amide bonds. The van der Waals surface area contributed by atoms with Crippen molar-refractivity contribution in [2.24, 2.45) is 0 Å². The SMILES string of the molecule is Cc1cc2c3c(c1)N(c1ccc4c(c1C)C(C)(C)CC4(C)C)c1cc4c(cc1B3c1ccc(-c3ccccc3)cc1N2c1cc2c(cc1C)C(C)(C)CCC2(C)C)C(C)(C)CC4(C)C. The van der Waals surface area contributed by atoms with Crippen LogP contribution in [0.1, 0.15) is 159 Å². The summed E-state index contributed by atoms with van der Waals surface area (Å²) in [6.45, 7) is 36.8. The van der Waals surface area contributed by atoms with Crippen LogP contribution in [-0.4, -0.2) is 6.71 Å². The molecule has 0 unspecified atom stereocenters. The number of anilines is 6. The van der Waals surface area contributed by atoms with Crippen molar-refractivity contribution in [1.29, 1.82) is 0 Å². The molecule has 0 N–H and O–H groups in total. The molecule has 0 bridgehead atoms. The third-order valence-electron chi connectivity index (χ3n) is 17.2. The van der Waals surface area contributed by atoms with Crippen molar-refractivity contribution in [2.75, 3.05) is 9.80 Å². The van der Waals surface area contributed by atoms with Gasteiger partial charge in [-0.25, -0.2) is 0 Å². The van der Waals surface area contributed by atoms with E-state index in [-0.39, 0.29) is 39.2 Å². The Hall–Kier alpha value is -5.02. The molecule has 6 aromatic rings. The molecule has 0 spiro atoms. The van der Waals surface area contributed by atoms with Crippen LogP contribution in [0.5, 0.6) is 0 Å². The van der Waals surface area contributed by atoms with Crippen LogP contribution in [0.2, 0.25) is 0 Å². The molecular formula is C61H69BN2.